The lowest BCUT2D eigenvalue weighted by atomic mass is 9.79. The van der Waals surface area contributed by atoms with E-state index in [4.69, 9.17) is 14.0 Å². The van der Waals surface area contributed by atoms with Crippen LogP contribution >= 0.6 is 0 Å². The number of benzene rings is 1. The van der Waals surface area contributed by atoms with Crippen LogP contribution in [0.3, 0.4) is 0 Å². The third kappa shape index (κ3) is 3.89. The first-order valence-electron chi connectivity index (χ1n) is 8.49. The highest BCUT2D eigenvalue weighted by atomic mass is 32.2. The van der Waals surface area contributed by atoms with Gasteiger partial charge >= 0.3 is 7.12 Å². The zero-order valence-electron chi connectivity index (χ0n) is 16.1. The molecule has 6 nitrogen and oxygen atoms in total. The highest BCUT2D eigenvalue weighted by molar-refractivity contribution is 7.90. The first-order chi connectivity index (χ1) is 12.8. The highest BCUT2D eigenvalue weighted by Gasteiger charge is 2.53. The molecule has 0 saturated carbocycles. The largest absolute Gasteiger partial charge is 0.500 e. The molecule has 0 bridgehead atoms. The second kappa shape index (κ2) is 6.79. The lowest BCUT2D eigenvalue weighted by molar-refractivity contribution is 0.00578. The van der Waals surface area contributed by atoms with Gasteiger partial charge in [-0.3, -0.25) is 0 Å². The van der Waals surface area contributed by atoms with E-state index in [1.54, 1.807) is 0 Å². The van der Waals surface area contributed by atoms with Crippen molar-refractivity contribution in [3.63, 3.8) is 0 Å². The average Bonchev–Trinajstić information content (AvgIpc) is 2.77. The van der Waals surface area contributed by atoms with Gasteiger partial charge in [0.1, 0.15) is 5.82 Å². The third-order valence-corrected chi connectivity index (χ3v) is 5.97. The van der Waals surface area contributed by atoms with E-state index in [9.17, 15) is 17.2 Å². The Hall–Kier alpha value is -2.04. The quantitative estimate of drug-likeness (QED) is 0.721. The number of hydrogen-bond acceptors (Lipinski definition) is 6. The van der Waals surface area contributed by atoms with Crippen LogP contribution in [-0.4, -0.2) is 38.0 Å². The molecule has 1 saturated heterocycles. The van der Waals surface area contributed by atoms with Gasteiger partial charge in [-0.2, -0.15) is 0 Å². The molecule has 0 spiro atoms. The number of sulfone groups is 1. The summed E-state index contributed by atoms with van der Waals surface area (Å²) in [5.41, 5.74) is -1.21. The normalized spacial score (nSPS) is 18.3. The summed E-state index contributed by atoms with van der Waals surface area (Å²) in [7, 11) is -4.56. The molecule has 0 N–H and O–H groups in total. The van der Waals surface area contributed by atoms with Crippen LogP contribution in [0.25, 0.3) is 0 Å². The Kier molecular flexibility index (Phi) is 5.02. The van der Waals surface area contributed by atoms with E-state index in [0.717, 1.165) is 24.6 Å². The van der Waals surface area contributed by atoms with E-state index in [0.29, 0.717) is 6.07 Å². The van der Waals surface area contributed by atoms with Gasteiger partial charge in [-0.05, 0) is 45.9 Å². The van der Waals surface area contributed by atoms with Crippen LogP contribution in [0.15, 0.2) is 35.4 Å². The van der Waals surface area contributed by atoms with Crippen molar-refractivity contribution in [2.24, 2.45) is 0 Å². The Balaban J connectivity index is 2.08. The molecule has 0 amide bonds. The summed E-state index contributed by atoms with van der Waals surface area (Å²) < 4.78 is 68.5. The molecule has 1 aliphatic rings. The second-order valence-corrected chi connectivity index (χ2v) is 9.62. The molecule has 150 valence electrons. The van der Waals surface area contributed by atoms with Crippen LogP contribution in [0.5, 0.6) is 11.6 Å². The van der Waals surface area contributed by atoms with Crippen molar-refractivity contribution in [3.8, 4) is 11.6 Å². The zero-order chi connectivity index (χ0) is 20.9. The summed E-state index contributed by atoms with van der Waals surface area (Å²) in [6, 6.07) is 4.15. The van der Waals surface area contributed by atoms with Crippen molar-refractivity contribution in [1.82, 2.24) is 4.98 Å². The molecule has 2 heterocycles. The minimum absolute atomic E-state index is 0.0656. The molecule has 0 unspecified atom stereocenters. The van der Waals surface area contributed by atoms with Crippen LogP contribution in [-0.2, 0) is 19.1 Å². The maximum atomic E-state index is 14.0. The number of nitrogens with zero attached hydrogens (tertiary/aromatic N) is 1. The topological polar surface area (TPSA) is 74.7 Å². The van der Waals surface area contributed by atoms with Crippen molar-refractivity contribution in [2.75, 3.05) is 6.26 Å². The standard InChI is InChI=1S/C18H20BF2NO5S/c1-17(2)18(3,4)27-19(26-17)13-9-12(28(5,23)24)10-22-16(13)25-15-7-6-11(20)8-14(15)21/h6-10H,1-5H3. The molecule has 1 aromatic heterocycles. The van der Waals surface area contributed by atoms with Crippen LogP contribution in [0.1, 0.15) is 27.7 Å². The fraction of sp³-hybridized carbons (Fsp3) is 0.389. The smallest absolute Gasteiger partial charge is 0.436 e. The molecular weight excluding hydrogens is 391 g/mol. The van der Waals surface area contributed by atoms with Gasteiger partial charge < -0.3 is 14.0 Å². The van der Waals surface area contributed by atoms with E-state index in [1.807, 2.05) is 27.7 Å². The SMILES string of the molecule is CC1(C)OB(c2cc(S(C)(=O)=O)cnc2Oc2ccc(F)cc2F)OC1(C)C. The third-order valence-electron chi connectivity index (χ3n) is 4.89. The first-order valence-corrected chi connectivity index (χ1v) is 10.4. The minimum Gasteiger partial charge on any atom is -0.436 e. The van der Waals surface area contributed by atoms with Crippen LogP contribution in [0.4, 0.5) is 8.78 Å². The Morgan fingerprint density at radius 1 is 1.07 bits per heavy atom. The first kappa shape index (κ1) is 20.7. The molecule has 3 rings (SSSR count). The molecule has 0 atom stereocenters. The van der Waals surface area contributed by atoms with Gasteiger partial charge in [-0.15, -0.1) is 0 Å². The lowest BCUT2D eigenvalue weighted by Gasteiger charge is -2.32. The van der Waals surface area contributed by atoms with Crippen LogP contribution < -0.4 is 10.2 Å². The number of halogens is 2. The van der Waals surface area contributed by atoms with Crippen molar-refractivity contribution in [3.05, 3.63) is 42.1 Å². The summed E-state index contributed by atoms with van der Waals surface area (Å²) >= 11 is 0. The summed E-state index contributed by atoms with van der Waals surface area (Å²) in [4.78, 5) is 3.96. The van der Waals surface area contributed by atoms with Crippen molar-refractivity contribution in [1.29, 1.82) is 0 Å². The fourth-order valence-corrected chi connectivity index (χ4v) is 3.12. The Morgan fingerprint density at radius 3 is 2.21 bits per heavy atom. The number of pyridine rings is 1. The highest BCUT2D eigenvalue weighted by Crippen LogP contribution is 2.37. The zero-order valence-corrected chi connectivity index (χ0v) is 16.9. The molecule has 28 heavy (non-hydrogen) atoms. The predicted molar refractivity (Wildman–Crippen MR) is 99.5 cm³/mol. The number of rotatable bonds is 4. The molecule has 1 aromatic carbocycles. The molecule has 10 heteroatoms. The van der Waals surface area contributed by atoms with E-state index >= 15 is 0 Å². The summed E-state index contributed by atoms with van der Waals surface area (Å²) in [5, 5.41) is 0. The van der Waals surface area contributed by atoms with Crippen LogP contribution in [0.2, 0.25) is 0 Å². The average molecular weight is 411 g/mol. The van der Waals surface area contributed by atoms with E-state index in [-0.39, 0.29) is 22.0 Å². The van der Waals surface area contributed by atoms with Crippen molar-refractivity contribution >= 4 is 22.4 Å². The molecule has 0 aliphatic carbocycles. The molecule has 2 aromatic rings. The number of aromatic nitrogens is 1. The van der Waals surface area contributed by atoms with Gasteiger partial charge in [0.15, 0.2) is 21.4 Å². The maximum absolute atomic E-state index is 14.0. The van der Waals surface area contributed by atoms with Gasteiger partial charge in [0.05, 0.1) is 16.1 Å². The molecule has 1 aliphatic heterocycles. The van der Waals surface area contributed by atoms with Gasteiger partial charge in [0.2, 0.25) is 5.88 Å². The monoisotopic (exact) mass is 411 g/mol. The van der Waals surface area contributed by atoms with Crippen molar-refractivity contribution in [2.45, 2.75) is 43.8 Å². The number of hydrogen-bond donors (Lipinski definition) is 0. The Morgan fingerprint density at radius 2 is 1.68 bits per heavy atom. The Labute approximate surface area is 162 Å². The van der Waals surface area contributed by atoms with Crippen molar-refractivity contribution < 1.29 is 31.2 Å². The van der Waals surface area contributed by atoms with E-state index in [1.165, 1.54) is 6.07 Å². The summed E-state index contributed by atoms with van der Waals surface area (Å²) in [5.74, 6) is -2.04. The van der Waals surface area contributed by atoms with Gasteiger partial charge in [-0.1, -0.05) is 0 Å². The van der Waals surface area contributed by atoms with E-state index < -0.39 is 39.8 Å². The number of ether oxygens (including phenoxy) is 1. The van der Waals surface area contributed by atoms with Crippen LogP contribution in [0, 0.1) is 11.6 Å². The summed E-state index contributed by atoms with van der Waals surface area (Å²) in [6.07, 6.45) is 2.14. The molecule has 0 radical (unpaired) electrons. The lowest BCUT2D eigenvalue weighted by Crippen LogP contribution is -2.41. The van der Waals surface area contributed by atoms with E-state index in [2.05, 4.69) is 4.98 Å². The maximum Gasteiger partial charge on any atom is 0.500 e. The minimum atomic E-state index is -3.57. The second-order valence-electron chi connectivity index (χ2n) is 7.60. The fourth-order valence-electron chi connectivity index (χ4n) is 2.54. The Bertz CT molecular complexity index is 1010. The molecule has 1 fully saturated rings. The van der Waals surface area contributed by atoms with Gasteiger partial charge in [-0.25, -0.2) is 22.2 Å². The van der Waals surface area contributed by atoms with Gasteiger partial charge in [0.25, 0.3) is 0 Å². The van der Waals surface area contributed by atoms with Gasteiger partial charge in [0, 0.05) is 24.0 Å². The summed E-state index contributed by atoms with van der Waals surface area (Å²) in [6.45, 7) is 7.34. The molecular formula is C18H20BF2NO5S. The predicted octanol–water partition coefficient (Wildman–Crippen LogP) is 2.85.